The van der Waals surface area contributed by atoms with Crippen molar-refractivity contribution < 1.29 is 14.5 Å². The van der Waals surface area contributed by atoms with E-state index < -0.39 is 17.7 Å². The van der Waals surface area contributed by atoms with Gasteiger partial charge in [0.25, 0.3) is 0 Å². The number of hydrogen-bond donors (Lipinski definition) is 0. The van der Waals surface area contributed by atoms with Crippen LogP contribution < -0.4 is 0 Å². The third-order valence-electron chi connectivity index (χ3n) is 4.47. The van der Waals surface area contributed by atoms with Gasteiger partial charge in [0.2, 0.25) is 6.04 Å². The Balaban J connectivity index is 2.10. The average Bonchev–Trinajstić information content (AvgIpc) is 3.06. The maximum absolute atomic E-state index is 12.6. The van der Waals surface area contributed by atoms with E-state index in [2.05, 4.69) is 6.58 Å². The minimum Gasteiger partial charge on any atom is -0.443 e. The SMILES string of the molecule is C=C1C[C@H](c2cn(C(=O)OC(C)(C)C)c3ccccc23)[C@@H]([N+](=O)[O-])C1. The molecule has 2 atom stereocenters. The summed E-state index contributed by atoms with van der Waals surface area (Å²) in [6.07, 6.45) is 2.15. The Hall–Kier alpha value is -2.63. The third kappa shape index (κ3) is 3.29. The number of benzene rings is 1. The number of fused-ring (bicyclic) bond motifs is 1. The van der Waals surface area contributed by atoms with Gasteiger partial charge in [0, 0.05) is 22.9 Å². The highest BCUT2D eigenvalue weighted by atomic mass is 16.6. The van der Waals surface area contributed by atoms with Crippen LogP contribution in [0, 0.1) is 10.1 Å². The Morgan fingerprint density at radius 2 is 2.00 bits per heavy atom. The summed E-state index contributed by atoms with van der Waals surface area (Å²) in [5.74, 6) is -0.281. The number of aromatic nitrogens is 1. The highest BCUT2D eigenvalue weighted by Crippen LogP contribution is 2.42. The summed E-state index contributed by atoms with van der Waals surface area (Å²) in [6.45, 7) is 9.35. The van der Waals surface area contributed by atoms with Crippen molar-refractivity contribution in [3.8, 4) is 0 Å². The van der Waals surface area contributed by atoms with Crippen molar-refractivity contribution in [3.05, 3.63) is 58.3 Å². The maximum Gasteiger partial charge on any atom is 0.419 e. The quantitative estimate of drug-likeness (QED) is 0.457. The van der Waals surface area contributed by atoms with Crippen LogP contribution in [-0.2, 0) is 4.74 Å². The summed E-state index contributed by atoms with van der Waals surface area (Å²) >= 11 is 0. The lowest BCUT2D eigenvalue weighted by Gasteiger charge is -2.19. The largest absolute Gasteiger partial charge is 0.443 e. The molecule has 132 valence electrons. The Kier molecular flexibility index (Phi) is 4.14. The van der Waals surface area contributed by atoms with Crippen LogP contribution in [0.5, 0.6) is 0 Å². The van der Waals surface area contributed by atoms with Crippen LogP contribution in [0.1, 0.15) is 45.1 Å². The molecule has 1 heterocycles. The molecule has 1 aliphatic rings. The fraction of sp³-hybridized carbons (Fsp3) is 0.421. The van der Waals surface area contributed by atoms with E-state index in [1.54, 1.807) is 27.0 Å². The Morgan fingerprint density at radius 1 is 1.32 bits per heavy atom. The standard InChI is InChI=1S/C19H22N2O4/c1-12-9-14(17(10-12)21(23)24)15-11-20(18(22)25-19(2,3)4)16-8-6-5-7-13(15)16/h5-8,11,14,17H,1,9-10H2,2-4H3/t14-,17+/m1/s1. The number of para-hydroxylation sites is 1. The van der Waals surface area contributed by atoms with Gasteiger partial charge in [-0.15, -0.1) is 0 Å². The van der Waals surface area contributed by atoms with Crippen LogP contribution in [0.25, 0.3) is 10.9 Å². The maximum atomic E-state index is 12.6. The zero-order chi connectivity index (χ0) is 18.4. The van der Waals surface area contributed by atoms with E-state index in [4.69, 9.17) is 4.74 Å². The van der Waals surface area contributed by atoms with Crippen LogP contribution in [-0.4, -0.2) is 27.2 Å². The van der Waals surface area contributed by atoms with E-state index >= 15 is 0 Å². The lowest BCUT2D eigenvalue weighted by Crippen LogP contribution is -2.26. The van der Waals surface area contributed by atoms with E-state index in [0.29, 0.717) is 18.4 Å². The van der Waals surface area contributed by atoms with E-state index in [1.165, 1.54) is 4.57 Å². The van der Waals surface area contributed by atoms with Crippen molar-refractivity contribution in [1.82, 2.24) is 4.57 Å². The molecule has 0 amide bonds. The molecule has 0 saturated heterocycles. The van der Waals surface area contributed by atoms with Crippen LogP contribution in [0.15, 0.2) is 42.6 Å². The Labute approximate surface area is 146 Å². The van der Waals surface area contributed by atoms with Crippen molar-refractivity contribution in [1.29, 1.82) is 0 Å². The van der Waals surface area contributed by atoms with Gasteiger partial charge in [-0.05, 0) is 38.8 Å². The van der Waals surface area contributed by atoms with Gasteiger partial charge in [0.15, 0.2) is 0 Å². The van der Waals surface area contributed by atoms with Crippen LogP contribution in [0.3, 0.4) is 0 Å². The van der Waals surface area contributed by atoms with Crippen molar-refractivity contribution in [2.45, 2.75) is 51.2 Å². The molecule has 0 unspecified atom stereocenters. The molecule has 2 aromatic rings. The number of carbonyl (C=O) groups is 1. The smallest absolute Gasteiger partial charge is 0.419 e. The molecular formula is C19H22N2O4. The van der Waals surface area contributed by atoms with Gasteiger partial charge in [-0.1, -0.05) is 30.4 Å². The number of nitrogens with zero attached hydrogens (tertiary/aromatic N) is 2. The molecule has 0 radical (unpaired) electrons. The number of nitro groups is 1. The minimum absolute atomic E-state index is 0.234. The molecule has 3 rings (SSSR count). The summed E-state index contributed by atoms with van der Waals surface area (Å²) in [4.78, 5) is 23.8. The summed E-state index contributed by atoms with van der Waals surface area (Å²) in [5, 5.41) is 12.3. The molecule has 0 N–H and O–H groups in total. The Morgan fingerprint density at radius 3 is 2.64 bits per heavy atom. The lowest BCUT2D eigenvalue weighted by molar-refractivity contribution is -0.523. The fourth-order valence-corrected chi connectivity index (χ4v) is 3.47. The second-order valence-electron chi connectivity index (χ2n) is 7.57. The normalized spacial score (nSPS) is 20.8. The molecule has 25 heavy (non-hydrogen) atoms. The van der Waals surface area contributed by atoms with Crippen LogP contribution >= 0.6 is 0 Å². The van der Waals surface area contributed by atoms with Gasteiger partial charge in [-0.2, -0.15) is 0 Å². The van der Waals surface area contributed by atoms with Gasteiger partial charge in [0.1, 0.15) is 5.60 Å². The van der Waals surface area contributed by atoms with E-state index in [9.17, 15) is 14.9 Å². The van der Waals surface area contributed by atoms with E-state index in [0.717, 1.165) is 16.5 Å². The average molecular weight is 342 g/mol. The number of ether oxygens (including phenoxy) is 1. The first-order valence-corrected chi connectivity index (χ1v) is 8.31. The molecule has 0 bridgehead atoms. The van der Waals surface area contributed by atoms with Crippen molar-refractivity contribution >= 4 is 17.0 Å². The first-order valence-electron chi connectivity index (χ1n) is 8.31. The summed E-state index contributed by atoms with van der Waals surface area (Å²) in [5.41, 5.74) is 1.77. The zero-order valence-electron chi connectivity index (χ0n) is 14.7. The molecular weight excluding hydrogens is 320 g/mol. The molecule has 1 saturated carbocycles. The fourth-order valence-electron chi connectivity index (χ4n) is 3.47. The summed E-state index contributed by atoms with van der Waals surface area (Å²) in [6, 6.07) is 6.73. The number of rotatable bonds is 2. The highest BCUT2D eigenvalue weighted by molar-refractivity contribution is 5.92. The van der Waals surface area contributed by atoms with Crippen molar-refractivity contribution in [2.75, 3.05) is 0 Å². The monoisotopic (exact) mass is 342 g/mol. The molecule has 1 aromatic heterocycles. The van der Waals surface area contributed by atoms with Gasteiger partial charge < -0.3 is 4.74 Å². The van der Waals surface area contributed by atoms with E-state index in [-0.39, 0.29) is 10.8 Å². The molecule has 0 spiro atoms. The molecule has 6 heteroatoms. The summed E-state index contributed by atoms with van der Waals surface area (Å²) in [7, 11) is 0. The second kappa shape index (κ2) is 6.02. The first kappa shape index (κ1) is 17.2. The van der Waals surface area contributed by atoms with Gasteiger partial charge in [-0.3, -0.25) is 14.7 Å². The summed E-state index contributed by atoms with van der Waals surface area (Å²) < 4.78 is 6.93. The highest BCUT2D eigenvalue weighted by Gasteiger charge is 2.41. The van der Waals surface area contributed by atoms with Crippen LogP contribution in [0.4, 0.5) is 4.79 Å². The zero-order valence-corrected chi connectivity index (χ0v) is 14.7. The Bertz CT molecular complexity index is 860. The van der Waals surface area contributed by atoms with Crippen molar-refractivity contribution in [3.63, 3.8) is 0 Å². The van der Waals surface area contributed by atoms with E-state index in [1.807, 2.05) is 24.3 Å². The second-order valence-corrected chi connectivity index (χ2v) is 7.57. The molecule has 1 aliphatic carbocycles. The first-order chi connectivity index (χ1) is 11.7. The minimum atomic E-state index is -0.703. The van der Waals surface area contributed by atoms with Gasteiger partial charge >= 0.3 is 6.09 Å². The third-order valence-corrected chi connectivity index (χ3v) is 4.47. The topological polar surface area (TPSA) is 74.4 Å². The van der Waals surface area contributed by atoms with Crippen molar-refractivity contribution in [2.24, 2.45) is 0 Å². The van der Waals surface area contributed by atoms with Gasteiger partial charge in [-0.25, -0.2) is 4.79 Å². The van der Waals surface area contributed by atoms with Crippen LogP contribution in [0.2, 0.25) is 0 Å². The molecule has 1 aromatic carbocycles. The lowest BCUT2D eigenvalue weighted by atomic mass is 9.94. The number of carbonyl (C=O) groups excluding carboxylic acids is 1. The molecule has 0 aliphatic heterocycles. The van der Waals surface area contributed by atoms with Gasteiger partial charge in [0.05, 0.1) is 11.4 Å². The molecule has 1 fully saturated rings. The molecule has 6 nitrogen and oxygen atoms in total. The number of hydrogen-bond acceptors (Lipinski definition) is 4. The predicted octanol–water partition coefficient (Wildman–Crippen LogP) is 4.50. The predicted molar refractivity (Wildman–Crippen MR) is 95.5 cm³/mol.